The molecule has 0 bridgehead atoms. The average Bonchev–Trinajstić information content (AvgIpc) is 2.65. The van der Waals surface area contributed by atoms with Crippen molar-refractivity contribution in [3.05, 3.63) is 42.2 Å². The van der Waals surface area contributed by atoms with Crippen molar-refractivity contribution in [3.63, 3.8) is 0 Å². The first-order chi connectivity index (χ1) is 12.1. The highest BCUT2D eigenvalue weighted by molar-refractivity contribution is 6.05. The van der Waals surface area contributed by atoms with Crippen LogP contribution in [0.3, 0.4) is 0 Å². The second-order valence-corrected chi connectivity index (χ2v) is 6.56. The number of aromatic nitrogens is 1. The molecule has 132 valence electrons. The highest BCUT2D eigenvalue weighted by Gasteiger charge is 2.40. The van der Waals surface area contributed by atoms with E-state index in [9.17, 15) is 9.59 Å². The molecule has 2 N–H and O–H groups in total. The Kier molecular flexibility index (Phi) is 4.99. The van der Waals surface area contributed by atoms with Crippen molar-refractivity contribution >= 4 is 22.6 Å². The number of primary amides is 1. The Morgan fingerprint density at radius 3 is 2.64 bits per heavy atom. The minimum Gasteiger partial charge on any atom is -0.385 e. The summed E-state index contributed by atoms with van der Waals surface area (Å²) in [5, 5.41) is 1.84. The molecule has 1 fully saturated rings. The molecular weight excluding hydrogens is 318 g/mol. The molecule has 25 heavy (non-hydrogen) atoms. The van der Waals surface area contributed by atoms with Gasteiger partial charge < -0.3 is 15.4 Å². The fourth-order valence-electron chi connectivity index (χ4n) is 3.49. The highest BCUT2D eigenvalue weighted by atomic mass is 16.5. The summed E-state index contributed by atoms with van der Waals surface area (Å²) >= 11 is 0. The fourth-order valence-corrected chi connectivity index (χ4v) is 3.49. The van der Waals surface area contributed by atoms with Crippen LogP contribution in [0.15, 0.2) is 36.5 Å². The highest BCUT2D eigenvalue weighted by Crippen LogP contribution is 2.35. The van der Waals surface area contributed by atoms with Gasteiger partial charge in [-0.3, -0.25) is 14.6 Å². The van der Waals surface area contributed by atoms with Gasteiger partial charge in [-0.15, -0.1) is 0 Å². The normalized spacial score (nSPS) is 16.8. The Balaban J connectivity index is 1.78. The van der Waals surface area contributed by atoms with Gasteiger partial charge in [0, 0.05) is 38.4 Å². The number of pyridine rings is 1. The number of nitrogens with zero attached hydrogens (tertiary/aromatic N) is 2. The van der Waals surface area contributed by atoms with E-state index in [1.807, 2.05) is 30.3 Å². The van der Waals surface area contributed by atoms with E-state index in [1.54, 1.807) is 18.2 Å². The van der Waals surface area contributed by atoms with Gasteiger partial charge in [0.15, 0.2) is 0 Å². The van der Waals surface area contributed by atoms with Crippen molar-refractivity contribution in [2.75, 3.05) is 26.8 Å². The smallest absolute Gasteiger partial charge is 0.273 e. The summed E-state index contributed by atoms with van der Waals surface area (Å²) in [4.78, 5) is 31.0. The molecule has 0 spiro atoms. The molecule has 1 aliphatic rings. The molecule has 2 aromatic rings. The number of amides is 2. The van der Waals surface area contributed by atoms with E-state index in [4.69, 9.17) is 10.5 Å². The monoisotopic (exact) mass is 341 g/mol. The summed E-state index contributed by atoms with van der Waals surface area (Å²) in [6, 6.07) is 9.61. The maximum absolute atomic E-state index is 12.9. The number of carbonyl (C=O) groups is 2. The number of hydrogen-bond acceptors (Lipinski definition) is 4. The number of benzene rings is 1. The average molecular weight is 341 g/mol. The van der Waals surface area contributed by atoms with Crippen LogP contribution in [0, 0.1) is 5.41 Å². The number of fused-ring (bicyclic) bond motifs is 1. The topological polar surface area (TPSA) is 85.5 Å². The van der Waals surface area contributed by atoms with Gasteiger partial charge in [0.25, 0.3) is 5.91 Å². The largest absolute Gasteiger partial charge is 0.385 e. The molecule has 6 nitrogen and oxygen atoms in total. The summed E-state index contributed by atoms with van der Waals surface area (Å²) in [6.45, 7) is 1.48. The second-order valence-electron chi connectivity index (χ2n) is 6.56. The van der Waals surface area contributed by atoms with Crippen LogP contribution in [0.4, 0.5) is 0 Å². The number of likely N-dealkylation sites (tertiary alicyclic amines) is 1. The predicted octanol–water partition coefficient (Wildman–Crippen LogP) is 1.98. The number of hydrogen-bond donors (Lipinski definition) is 1. The van der Waals surface area contributed by atoms with Crippen LogP contribution in [-0.2, 0) is 9.53 Å². The second kappa shape index (κ2) is 7.19. The standard InChI is InChI=1S/C19H23N3O3/c1-25-13-9-19(18(20)24)7-11-22(12-8-19)17(23)16-15-5-3-2-4-14(15)6-10-21-16/h2-6,10H,7-9,11-13H2,1H3,(H2,20,24). The summed E-state index contributed by atoms with van der Waals surface area (Å²) in [5.41, 5.74) is 5.52. The Labute approximate surface area is 147 Å². The van der Waals surface area contributed by atoms with E-state index in [2.05, 4.69) is 4.98 Å². The van der Waals surface area contributed by atoms with Crippen LogP contribution < -0.4 is 5.73 Å². The molecule has 0 atom stereocenters. The number of rotatable bonds is 5. The van der Waals surface area contributed by atoms with Crippen LogP contribution in [0.1, 0.15) is 29.8 Å². The van der Waals surface area contributed by atoms with Crippen LogP contribution in [0.2, 0.25) is 0 Å². The van der Waals surface area contributed by atoms with E-state index in [0.717, 1.165) is 10.8 Å². The molecule has 1 aromatic heterocycles. The molecule has 3 rings (SSSR count). The lowest BCUT2D eigenvalue weighted by Crippen LogP contribution is -2.49. The maximum atomic E-state index is 12.9. The molecule has 2 amide bonds. The zero-order valence-corrected chi connectivity index (χ0v) is 14.4. The van der Waals surface area contributed by atoms with Gasteiger partial charge in [0.2, 0.25) is 5.91 Å². The lowest BCUT2D eigenvalue weighted by molar-refractivity contribution is -0.131. The van der Waals surface area contributed by atoms with Crippen LogP contribution >= 0.6 is 0 Å². The number of carbonyl (C=O) groups excluding carboxylic acids is 2. The lowest BCUT2D eigenvalue weighted by atomic mass is 9.75. The van der Waals surface area contributed by atoms with Crippen molar-refractivity contribution in [1.29, 1.82) is 0 Å². The predicted molar refractivity (Wildman–Crippen MR) is 95.0 cm³/mol. The molecule has 6 heteroatoms. The van der Waals surface area contributed by atoms with E-state index in [0.29, 0.717) is 44.7 Å². The molecular formula is C19H23N3O3. The summed E-state index contributed by atoms with van der Waals surface area (Å²) in [7, 11) is 1.61. The SMILES string of the molecule is COCCC1(C(N)=O)CCN(C(=O)c2nccc3ccccc23)CC1. The van der Waals surface area contributed by atoms with E-state index in [1.165, 1.54) is 0 Å². The summed E-state index contributed by atoms with van der Waals surface area (Å²) in [6.07, 6.45) is 3.36. The van der Waals surface area contributed by atoms with Crippen molar-refractivity contribution in [2.45, 2.75) is 19.3 Å². The third-order valence-corrected chi connectivity index (χ3v) is 5.19. The fraction of sp³-hybridized carbons (Fsp3) is 0.421. The Hall–Kier alpha value is -2.47. The first-order valence-corrected chi connectivity index (χ1v) is 8.49. The molecule has 0 aliphatic carbocycles. The minimum atomic E-state index is -0.584. The quantitative estimate of drug-likeness (QED) is 0.901. The van der Waals surface area contributed by atoms with Crippen molar-refractivity contribution < 1.29 is 14.3 Å². The first kappa shape index (κ1) is 17.4. The van der Waals surface area contributed by atoms with Gasteiger partial charge in [0.1, 0.15) is 5.69 Å². The van der Waals surface area contributed by atoms with Gasteiger partial charge in [-0.2, -0.15) is 0 Å². The van der Waals surface area contributed by atoms with Crippen molar-refractivity contribution in [2.24, 2.45) is 11.1 Å². The van der Waals surface area contributed by atoms with Crippen LogP contribution in [0.25, 0.3) is 10.8 Å². The summed E-state index contributed by atoms with van der Waals surface area (Å²) < 4.78 is 5.11. The van der Waals surface area contributed by atoms with Gasteiger partial charge in [-0.25, -0.2) is 0 Å². The van der Waals surface area contributed by atoms with E-state index >= 15 is 0 Å². The van der Waals surface area contributed by atoms with Gasteiger partial charge in [-0.05, 0) is 30.7 Å². The molecule has 0 radical (unpaired) electrons. The molecule has 2 heterocycles. The van der Waals surface area contributed by atoms with Crippen LogP contribution in [-0.4, -0.2) is 48.5 Å². The first-order valence-electron chi connectivity index (χ1n) is 8.49. The zero-order valence-electron chi connectivity index (χ0n) is 14.4. The van der Waals surface area contributed by atoms with Gasteiger partial charge in [0.05, 0.1) is 5.41 Å². The van der Waals surface area contributed by atoms with Gasteiger partial charge >= 0.3 is 0 Å². The van der Waals surface area contributed by atoms with Gasteiger partial charge in [-0.1, -0.05) is 24.3 Å². The number of methoxy groups -OCH3 is 1. The molecule has 1 saturated heterocycles. The maximum Gasteiger partial charge on any atom is 0.273 e. The minimum absolute atomic E-state index is 0.0957. The Morgan fingerprint density at radius 2 is 1.96 bits per heavy atom. The third kappa shape index (κ3) is 3.35. The Bertz CT molecular complexity index is 777. The molecule has 1 aromatic carbocycles. The van der Waals surface area contributed by atoms with Crippen molar-refractivity contribution in [1.82, 2.24) is 9.88 Å². The third-order valence-electron chi connectivity index (χ3n) is 5.19. The van der Waals surface area contributed by atoms with Crippen molar-refractivity contribution in [3.8, 4) is 0 Å². The van der Waals surface area contributed by atoms with E-state index in [-0.39, 0.29) is 11.8 Å². The lowest BCUT2D eigenvalue weighted by Gasteiger charge is -2.39. The zero-order chi connectivity index (χ0) is 17.9. The van der Waals surface area contributed by atoms with E-state index < -0.39 is 5.41 Å². The Morgan fingerprint density at radius 1 is 1.24 bits per heavy atom. The number of nitrogens with two attached hydrogens (primary N) is 1. The summed E-state index contributed by atoms with van der Waals surface area (Å²) in [5.74, 6) is -0.401. The molecule has 0 unspecified atom stereocenters. The molecule has 1 aliphatic heterocycles. The number of ether oxygens (including phenoxy) is 1. The van der Waals surface area contributed by atoms with Crippen LogP contribution in [0.5, 0.6) is 0 Å². The number of piperidine rings is 1. The molecule has 0 saturated carbocycles.